The van der Waals surface area contributed by atoms with Gasteiger partial charge >= 0.3 is 5.97 Å². The van der Waals surface area contributed by atoms with Gasteiger partial charge in [-0.15, -0.1) is 11.3 Å². The average molecular weight is 276 g/mol. The highest BCUT2D eigenvalue weighted by Crippen LogP contribution is 2.23. The molecule has 0 bridgehead atoms. The predicted octanol–water partition coefficient (Wildman–Crippen LogP) is 2.63. The van der Waals surface area contributed by atoms with E-state index < -0.39 is 11.4 Å². The first-order chi connectivity index (χ1) is 7.90. The molecular formula is C11H14ClNO3S. The molecule has 1 atom stereocenters. The highest BCUT2D eigenvalue weighted by atomic mass is 35.5. The Hall–Kier alpha value is -1.07. The highest BCUT2D eigenvalue weighted by Gasteiger charge is 2.31. The number of carbonyl (C=O) groups is 2. The molecule has 0 radical (unpaired) electrons. The van der Waals surface area contributed by atoms with Crippen LogP contribution in [0.5, 0.6) is 0 Å². The van der Waals surface area contributed by atoms with Crippen LogP contribution in [0.25, 0.3) is 0 Å². The molecule has 0 aromatic carbocycles. The van der Waals surface area contributed by atoms with Gasteiger partial charge in [-0.05, 0) is 24.8 Å². The van der Waals surface area contributed by atoms with Gasteiger partial charge in [-0.3, -0.25) is 9.59 Å². The van der Waals surface area contributed by atoms with Gasteiger partial charge in [0.05, 0.1) is 10.4 Å². The number of carboxylic acid groups (broad SMARTS) is 1. The molecule has 4 nitrogen and oxygen atoms in total. The normalized spacial score (nSPS) is 14.1. The van der Waals surface area contributed by atoms with Crippen molar-refractivity contribution in [2.24, 2.45) is 5.41 Å². The van der Waals surface area contributed by atoms with Crippen LogP contribution in [-0.4, -0.2) is 23.5 Å². The average Bonchev–Trinajstić information content (AvgIpc) is 2.71. The number of nitrogens with one attached hydrogen (secondary N) is 1. The molecule has 0 spiro atoms. The van der Waals surface area contributed by atoms with Gasteiger partial charge in [-0.2, -0.15) is 0 Å². The minimum atomic E-state index is -0.945. The standard InChI is InChI=1S/C11H14ClNO3S/c1-3-11(2,10(15)16)6-13-9(14)8-7(12)4-5-17-8/h4-5H,3,6H2,1-2H3,(H,13,14)(H,15,16). The van der Waals surface area contributed by atoms with Crippen LogP contribution in [-0.2, 0) is 4.79 Å². The highest BCUT2D eigenvalue weighted by molar-refractivity contribution is 7.12. The summed E-state index contributed by atoms with van der Waals surface area (Å²) in [7, 11) is 0. The van der Waals surface area contributed by atoms with Crippen LogP contribution >= 0.6 is 22.9 Å². The van der Waals surface area contributed by atoms with Gasteiger partial charge < -0.3 is 10.4 Å². The lowest BCUT2D eigenvalue weighted by Gasteiger charge is -2.23. The van der Waals surface area contributed by atoms with Gasteiger partial charge in [0.1, 0.15) is 4.88 Å². The van der Waals surface area contributed by atoms with Crippen molar-refractivity contribution in [2.75, 3.05) is 6.54 Å². The van der Waals surface area contributed by atoms with Crippen molar-refractivity contribution < 1.29 is 14.7 Å². The molecule has 1 rings (SSSR count). The van der Waals surface area contributed by atoms with E-state index in [0.717, 1.165) is 0 Å². The van der Waals surface area contributed by atoms with Crippen molar-refractivity contribution in [1.82, 2.24) is 5.32 Å². The molecule has 17 heavy (non-hydrogen) atoms. The minimum Gasteiger partial charge on any atom is -0.481 e. The van der Waals surface area contributed by atoms with E-state index in [4.69, 9.17) is 16.7 Å². The van der Waals surface area contributed by atoms with E-state index >= 15 is 0 Å². The van der Waals surface area contributed by atoms with Gasteiger partial charge in [0, 0.05) is 6.54 Å². The summed E-state index contributed by atoms with van der Waals surface area (Å²) in [6.45, 7) is 3.47. The Labute approximate surface area is 109 Å². The Morgan fingerprint density at radius 3 is 2.65 bits per heavy atom. The number of amides is 1. The molecule has 2 N–H and O–H groups in total. The maximum absolute atomic E-state index is 11.7. The van der Waals surface area contributed by atoms with Crippen LogP contribution < -0.4 is 5.32 Å². The van der Waals surface area contributed by atoms with E-state index in [1.54, 1.807) is 25.3 Å². The fraction of sp³-hybridized carbons (Fsp3) is 0.455. The number of hydrogen-bond acceptors (Lipinski definition) is 3. The number of aliphatic carboxylic acids is 1. The summed E-state index contributed by atoms with van der Waals surface area (Å²) in [6, 6.07) is 1.64. The lowest BCUT2D eigenvalue weighted by atomic mass is 9.88. The number of thiophene rings is 1. The van der Waals surface area contributed by atoms with Crippen LogP contribution in [0.1, 0.15) is 29.9 Å². The van der Waals surface area contributed by atoms with E-state index in [2.05, 4.69) is 5.32 Å². The van der Waals surface area contributed by atoms with Gasteiger partial charge in [0.25, 0.3) is 5.91 Å². The van der Waals surface area contributed by atoms with Crippen LogP contribution in [0, 0.1) is 5.41 Å². The summed E-state index contributed by atoms with van der Waals surface area (Å²) >= 11 is 7.05. The maximum atomic E-state index is 11.7. The van der Waals surface area contributed by atoms with Crippen LogP contribution in [0.3, 0.4) is 0 Å². The Morgan fingerprint density at radius 1 is 1.59 bits per heavy atom. The number of carboxylic acids is 1. The smallest absolute Gasteiger partial charge is 0.311 e. The van der Waals surface area contributed by atoms with E-state index in [1.165, 1.54) is 11.3 Å². The molecule has 1 heterocycles. The van der Waals surface area contributed by atoms with E-state index in [1.807, 2.05) is 0 Å². The number of halogens is 1. The van der Waals surface area contributed by atoms with E-state index in [9.17, 15) is 9.59 Å². The molecule has 0 aliphatic heterocycles. The van der Waals surface area contributed by atoms with Crippen molar-refractivity contribution in [3.05, 3.63) is 21.3 Å². The zero-order valence-corrected chi connectivity index (χ0v) is 11.2. The zero-order chi connectivity index (χ0) is 13.1. The van der Waals surface area contributed by atoms with Crippen LogP contribution in [0.4, 0.5) is 0 Å². The first-order valence-corrected chi connectivity index (χ1v) is 6.41. The Bertz CT molecular complexity index is 432. The monoisotopic (exact) mass is 275 g/mol. The van der Waals surface area contributed by atoms with Gasteiger partial charge in [0.2, 0.25) is 0 Å². The summed E-state index contributed by atoms with van der Waals surface area (Å²) in [5.41, 5.74) is -0.945. The molecule has 0 fully saturated rings. The first-order valence-electron chi connectivity index (χ1n) is 5.15. The molecule has 94 valence electrons. The molecule has 0 saturated carbocycles. The second kappa shape index (κ2) is 5.51. The Kier molecular flexibility index (Phi) is 4.54. The molecule has 1 unspecified atom stereocenters. The van der Waals surface area contributed by atoms with Crippen molar-refractivity contribution in [3.63, 3.8) is 0 Å². The summed E-state index contributed by atoms with van der Waals surface area (Å²) in [4.78, 5) is 23.2. The predicted molar refractivity (Wildman–Crippen MR) is 67.7 cm³/mol. The van der Waals surface area contributed by atoms with Gasteiger partial charge in [-0.25, -0.2) is 0 Å². The third kappa shape index (κ3) is 3.20. The number of hydrogen-bond donors (Lipinski definition) is 2. The SMILES string of the molecule is CCC(C)(CNC(=O)c1sccc1Cl)C(=O)O. The van der Waals surface area contributed by atoms with Crippen molar-refractivity contribution in [1.29, 1.82) is 0 Å². The Morgan fingerprint density at radius 2 is 2.24 bits per heavy atom. The van der Waals surface area contributed by atoms with E-state index in [0.29, 0.717) is 16.3 Å². The topological polar surface area (TPSA) is 66.4 Å². The molecule has 1 aromatic heterocycles. The van der Waals surface area contributed by atoms with Crippen molar-refractivity contribution >= 4 is 34.8 Å². The summed E-state index contributed by atoms with van der Waals surface area (Å²) in [6.07, 6.45) is 0.445. The second-order valence-electron chi connectivity index (χ2n) is 4.00. The fourth-order valence-corrected chi connectivity index (χ4v) is 2.22. The minimum absolute atomic E-state index is 0.0892. The second-order valence-corrected chi connectivity index (χ2v) is 5.32. The molecule has 0 aliphatic rings. The third-order valence-electron chi connectivity index (χ3n) is 2.76. The molecule has 0 saturated heterocycles. The Balaban J connectivity index is 2.66. The zero-order valence-electron chi connectivity index (χ0n) is 9.62. The third-order valence-corrected chi connectivity index (χ3v) is 4.10. The molecule has 6 heteroatoms. The number of carbonyl (C=O) groups excluding carboxylic acids is 1. The first kappa shape index (κ1) is 14.0. The van der Waals surface area contributed by atoms with Crippen molar-refractivity contribution in [2.45, 2.75) is 20.3 Å². The van der Waals surface area contributed by atoms with Crippen molar-refractivity contribution in [3.8, 4) is 0 Å². The van der Waals surface area contributed by atoms with Crippen LogP contribution in [0.15, 0.2) is 11.4 Å². The van der Waals surface area contributed by atoms with Gasteiger partial charge in [-0.1, -0.05) is 18.5 Å². The molecule has 0 aliphatic carbocycles. The molecular weight excluding hydrogens is 262 g/mol. The fourth-order valence-electron chi connectivity index (χ4n) is 1.16. The molecule has 1 aromatic rings. The largest absolute Gasteiger partial charge is 0.481 e. The van der Waals surface area contributed by atoms with Crippen LogP contribution in [0.2, 0.25) is 5.02 Å². The molecule has 1 amide bonds. The maximum Gasteiger partial charge on any atom is 0.311 e. The quantitative estimate of drug-likeness (QED) is 0.868. The lowest BCUT2D eigenvalue weighted by molar-refractivity contribution is -0.147. The summed E-state index contributed by atoms with van der Waals surface area (Å²) < 4.78 is 0. The van der Waals surface area contributed by atoms with Gasteiger partial charge in [0.15, 0.2) is 0 Å². The summed E-state index contributed by atoms with van der Waals surface area (Å²) in [5, 5.41) is 13.8. The summed E-state index contributed by atoms with van der Waals surface area (Å²) in [5.74, 6) is -1.25. The lowest BCUT2D eigenvalue weighted by Crippen LogP contribution is -2.40. The number of rotatable bonds is 5. The van der Waals surface area contributed by atoms with E-state index in [-0.39, 0.29) is 12.5 Å².